The molecule has 7 heteroatoms. The van der Waals surface area contributed by atoms with Crippen molar-refractivity contribution in [2.45, 2.75) is 90.4 Å². The van der Waals surface area contributed by atoms with Crippen LogP contribution >= 0.6 is 0 Å². The van der Waals surface area contributed by atoms with Crippen LogP contribution in [0, 0.1) is 5.92 Å². The van der Waals surface area contributed by atoms with Crippen molar-refractivity contribution in [1.82, 2.24) is 9.80 Å². The van der Waals surface area contributed by atoms with Crippen molar-refractivity contribution in [2.75, 3.05) is 26.2 Å². The van der Waals surface area contributed by atoms with Gasteiger partial charge in [-0.1, -0.05) is 20.3 Å². The maximum absolute atomic E-state index is 12.9. The molecule has 0 saturated carbocycles. The molecule has 2 fully saturated rings. The summed E-state index contributed by atoms with van der Waals surface area (Å²) in [5.74, 6) is 0.201. The molecule has 3 heterocycles. The molecule has 1 aromatic carbocycles. The average Bonchev–Trinajstić information content (AvgIpc) is 2.89. The molecule has 2 saturated heterocycles. The van der Waals surface area contributed by atoms with Crippen molar-refractivity contribution in [3.05, 3.63) is 29.3 Å². The predicted octanol–water partition coefficient (Wildman–Crippen LogP) is 5.07. The highest BCUT2D eigenvalue weighted by atomic mass is 16.6. The molecule has 198 valence electrons. The fraction of sp³-hybridized carbons (Fsp3) is 0.655. The van der Waals surface area contributed by atoms with E-state index in [-0.39, 0.29) is 29.6 Å². The number of amides is 1. The smallest absolute Gasteiger partial charge is 0.309 e. The van der Waals surface area contributed by atoms with Crippen LogP contribution in [-0.4, -0.2) is 64.7 Å². The van der Waals surface area contributed by atoms with Crippen LogP contribution in [-0.2, 0) is 14.3 Å². The number of esters is 1. The number of hydrogen-bond donors (Lipinski definition) is 1. The molecule has 3 aliphatic heterocycles. The summed E-state index contributed by atoms with van der Waals surface area (Å²) >= 11 is 0. The van der Waals surface area contributed by atoms with Gasteiger partial charge < -0.3 is 19.5 Å². The second-order valence-corrected chi connectivity index (χ2v) is 11.0. The lowest BCUT2D eigenvalue weighted by molar-refractivity contribution is -0.176. The van der Waals surface area contributed by atoms with Gasteiger partial charge in [-0.05, 0) is 83.7 Å². The summed E-state index contributed by atoms with van der Waals surface area (Å²) in [6.07, 6.45) is 9.88. The van der Waals surface area contributed by atoms with E-state index in [1.807, 2.05) is 38.7 Å². The van der Waals surface area contributed by atoms with Gasteiger partial charge in [0, 0.05) is 24.7 Å². The van der Waals surface area contributed by atoms with Crippen molar-refractivity contribution >= 4 is 18.0 Å². The summed E-state index contributed by atoms with van der Waals surface area (Å²) in [6.45, 7) is 11.0. The number of fused-ring (bicyclic) bond motifs is 1. The zero-order chi connectivity index (χ0) is 25.9. The first-order chi connectivity index (χ1) is 17.2. The average molecular weight is 499 g/mol. The van der Waals surface area contributed by atoms with Crippen LogP contribution in [0.5, 0.6) is 11.5 Å². The molecule has 0 spiro atoms. The van der Waals surface area contributed by atoms with E-state index in [9.17, 15) is 14.7 Å². The van der Waals surface area contributed by atoms with Crippen molar-refractivity contribution in [3.8, 4) is 11.5 Å². The van der Waals surface area contributed by atoms with Crippen molar-refractivity contribution in [1.29, 1.82) is 0 Å². The minimum absolute atomic E-state index is 0.0304. The molecule has 0 aliphatic carbocycles. The highest BCUT2D eigenvalue weighted by Gasteiger charge is 2.50. The van der Waals surface area contributed by atoms with E-state index in [1.54, 1.807) is 18.2 Å². The van der Waals surface area contributed by atoms with Crippen molar-refractivity contribution in [2.24, 2.45) is 5.92 Å². The quantitative estimate of drug-likeness (QED) is 0.436. The summed E-state index contributed by atoms with van der Waals surface area (Å²) in [5.41, 5.74) is 0.439. The lowest BCUT2D eigenvalue weighted by Gasteiger charge is -2.49. The molecule has 1 aromatic rings. The number of ether oxygens (including phenoxy) is 2. The van der Waals surface area contributed by atoms with E-state index in [0.717, 1.165) is 58.3 Å². The third kappa shape index (κ3) is 5.56. The SMILES string of the molecule is CC[C@H](C)C(=O)O[C@@H]1[C@@H](N2CCCCC2)c2c(ccc(/C=C\C(=O)N3CCCCC3)c2O)OC1(C)C. The summed E-state index contributed by atoms with van der Waals surface area (Å²) in [7, 11) is 0. The minimum atomic E-state index is -0.772. The zero-order valence-electron chi connectivity index (χ0n) is 22.3. The molecule has 0 unspecified atom stereocenters. The van der Waals surface area contributed by atoms with Gasteiger partial charge in [0.2, 0.25) is 5.91 Å². The van der Waals surface area contributed by atoms with Gasteiger partial charge in [0.15, 0.2) is 6.10 Å². The van der Waals surface area contributed by atoms with E-state index in [2.05, 4.69) is 4.90 Å². The number of piperidine rings is 2. The minimum Gasteiger partial charge on any atom is -0.507 e. The molecule has 1 amide bonds. The lowest BCUT2D eigenvalue weighted by atomic mass is 9.83. The Hall–Kier alpha value is -2.54. The topological polar surface area (TPSA) is 79.3 Å². The van der Waals surface area contributed by atoms with Crippen LogP contribution in [0.2, 0.25) is 0 Å². The Balaban J connectivity index is 1.70. The predicted molar refractivity (Wildman–Crippen MR) is 140 cm³/mol. The molecule has 3 atom stereocenters. The molecule has 0 bridgehead atoms. The molecule has 7 nitrogen and oxygen atoms in total. The van der Waals surface area contributed by atoms with Gasteiger partial charge in [0.05, 0.1) is 17.5 Å². The second-order valence-electron chi connectivity index (χ2n) is 11.0. The van der Waals surface area contributed by atoms with Crippen molar-refractivity contribution < 1.29 is 24.2 Å². The normalized spacial score (nSPS) is 25.2. The van der Waals surface area contributed by atoms with Gasteiger partial charge in [-0.15, -0.1) is 0 Å². The first-order valence-corrected chi connectivity index (χ1v) is 13.7. The monoisotopic (exact) mass is 498 g/mol. The number of carbonyl (C=O) groups is 2. The zero-order valence-corrected chi connectivity index (χ0v) is 22.3. The molecule has 4 rings (SSSR count). The molecule has 1 N–H and O–H groups in total. The molecular formula is C29H42N2O5. The van der Waals surface area contributed by atoms with Crippen LogP contribution in [0.1, 0.15) is 89.8 Å². The number of likely N-dealkylation sites (tertiary alicyclic amines) is 2. The number of phenols is 1. The van der Waals surface area contributed by atoms with Gasteiger partial charge in [-0.3, -0.25) is 14.5 Å². The first kappa shape index (κ1) is 26.5. The summed E-state index contributed by atoms with van der Waals surface area (Å²) in [6, 6.07) is 3.33. The molecule has 0 aromatic heterocycles. The number of phenolic OH excluding ortho intramolecular Hbond substituents is 1. The van der Waals surface area contributed by atoms with E-state index in [4.69, 9.17) is 9.47 Å². The van der Waals surface area contributed by atoms with Crippen LogP contribution in [0.25, 0.3) is 6.08 Å². The lowest BCUT2D eigenvalue weighted by Crippen LogP contribution is -2.56. The first-order valence-electron chi connectivity index (χ1n) is 13.7. The van der Waals surface area contributed by atoms with E-state index < -0.39 is 11.7 Å². The molecule has 3 aliphatic rings. The Morgan fingerprint density at radius 3 is 2.39 bits per heavy atom. The molecular weight excluding hydrogens is 456 g/mol. The maximum atomic E-state index is 12.9. The van der Waals surface area contributed by atoms with Gasteiger partial charge >= 0.3 is 5.97 Å². The number of nitrogens with zero attached hydrogens (tertiary/aromatic N) is 2. The van der Waals surface area contributed by atoms with E-state index in [1.165, 1.54) is 6.42 Å². The fourth-order valence-corrected chi connectivity index (χ4v) is 5.55. The van der Waals surface area contributed by atoms with Crippen molar-refractivity contribution in [3.63, 3.8) is 0 Å². The largest absolute Gasteiger partial charge is 0.507 e. The fourth-order valence-electron chi connectivity index (χ4n) is 5.55. The van der Waals surface area contributed by atoms with Gasteiger partial charge in [0.25, 0.3) is 0 Å². The number of rotatable bonds is 6. The third-order valence-electron chi connectivity index (χ3n) is 7.96. The Morgan fingerprint density at radius 1 is 1.11 bits per heavy atom. The highest BCUT2D eigenvalue weighted by Crippen LogP contribution is 2.50. The Morgan fingerprint density at radius 2 is 1.75 bits per heavy atom. The molecule has 36 heavy (non-hydrogen) atoms. The van der Waals surface area contributed by atoms with Crippen LogP contribution < -0.4 is 4.74 Å². The third-order valence-corrected chi connectivity index (χ3v) is 7.96. The highest BCUT2D eigenvalue weighted by molar-refractivity contribution is 5.92. The number of benzene rings is 1. The van der Waals surface area contributed by atoms with Gasteiger partial charge in [0.1, 0.15) is 17.1 Å². The number of carbonyl (C=O) groups excluding carboxylic acids is 2. The summed E-state index contributed by atoms with van der Waals surface area (Å²) < 4.78 is 12.5. The summed E-state index contributed by atoms with van der Waals surface area (Å²) in [5, 5.41) is 11.5. The number of aromatic hydroxyl groups is 1. The van der Waals surface area contributed by atoms with Gasteiger partial charge in [-0.25, -0.2) is 0 Å². The second kappa shape index (κ2) is 11.2. The van der Waals surface area contributed by atoms with Gasteiger partial charge in [-0.2, -0.15) is 0 Å². The Labute approximate surface area is 215 Å². The molecule has 0 radical (unpaired) electrons. The van der Waals surface area contributed by atoms with Crippen LogP contribution in [0.4, 0.5) is 0 Å². The number of hydrogen-bond acceptors (Lipinski definition) is 6. The maximum Gasteiger partial charge on any atom is 0.309 e. The standard InChI is InChI=1S/C29H42N2O5/c1-5-20(2)28(34)35-27-25(31-18-10-7-11-19-31)24-22(36-29(27,3)4)14-12-21(26(24)33)13-15-23(32)30-16-8-6-9-17-30/h12-15,20,25,27,33H,5-11,16-19H2,1-4H3/b15-13-/t20-,25-,27+/m0/s1. The summed E-state index contributed by atoms with van der Waals surface area (Å²) in [4.78, 5) is 29.8. The van der Waals surface area contributed by atoms with Crippen LogP contribution in [0.3, 0.4) is 0 Å². The van der Waals surface area contributed by atoms with E-state index in [0.29, 0.717) is 23.3 Å². The van der Waals surface area contributed by atoms with Crippen LogP contribution in [0.15, 0.2) is 18.2 Å². The Bertz CT molecular complexity index is 976. The van der Waals surface area contributed by atoms with E-state index >= 15 is 0 Å². The Kier molecular flexibility index (Phi) is 8.28.